The van der Waals surface area contributed by atoms with Crippen LogP contribution in [-0.4, -0.2) is 9.97 Å². The van der Waals surface area contributed by atoms with Crippen molar-refractivity contribution < 1.29 is 0 Å². The second-order valence-corrected chi connectivity index (χ2v) is 6.15. The molecule has 0 fully saturated rings. The van der Waals surface area contributed by atoms with Crippen molar-refractivity contribution >= 4 is 33.4 Å². The summed E-state index contributed by atoms with van der Waals surface area (Å²) in [4.78, 5) is 9.12. The van der Waals surface area contributed by atoms with E-state index in [0.717, 1.165) is 22.0 Å². The Bertz CT molecular complexity index is 935. The van der Waals surface area contributed by atoms with Gasteiger partial charge in [0.25, 0.3) is 0 Å². The summed E-state index contributed by atoms with van der Waals surface area (Å²) in [6.45, 7) is 0. The zero-order valence-corrected chi connectivity index (χ0v) is 12.8. The van der Waals surface area contributed by atoms with Crippen molar-refractivity contribution in [2.24, 2.45) is 0 Å². The quantitative estimate of drug-likeness (QED) is 0.390. The van der Waals surface area contributed by atoms with Crippen molar-refractivity contribution in [1.82, 2.24) is 9.97 Å². The van der Waals surface area contributed by atoms with E-state index in [1.54, 1.807) is 11.8 Å². The minimum atomic E-state index is 0.833. The van der Waals surface area contributed by atoms with Gasteiger partial charge in [0.2, 0.25) is 0 Å². The molecule has 0 atom stereocenters. The van der Waals surface area contributed by atoms with E-state index in [9.17, 15) is 0 Å². The van der Waals surface area contributed by atoms with Crippen LogP contribution in [-0.2, 0) is 5.75 Å². The van der Waals surface area contributed by atoms with Gasteiger partial charge in [0.05, 0.1) is 16.2 Å². The van der Waals surface area contributed by atoms with Crippen LogP contribution in [0.1, 0.15) is 5.69 Å². The van der Waals surface area contributed by atoms with Gasteiger partial charge in [0.1, 0.15) is 0 Å². The fourth-order valence-corrected chi connectivity index (χ4v) is 3.28. The molecule has 0 saturated carbocycles. The molecular formula is C19H14N2S. The molecule has 0 radical (unpaired) electrons. The monoisotopic (exact) mass is 302 g/mol. The summed E-state index contributed by atoms with van der Waals surface area (Å²) < 4.78 is 0. The number of thioether (sulfide) groups is 1. The molecule has 0 amide bonds. The maximum Gasteiger partial charge on any atom is 0.0963 e. The molecule has 0 aliphatic rings. The number of benzene rings is 2. The van der Waals surface area contributed by atoms with E-state index in [1.807, 2.05) is 24.4 Å². The summed E-state index contributed by atoms with van der Waals surface area (Å²) in [6, 6.07) is 23.0. The van der Waals surface area contributed by atoms with Crippen molar-refractivity contribution in [2.75, 3.05) is 0 Å². The molecule has 106 valence electrons. The Labute approximate surface area is 133 Å². The van der Waals surface area contributed by atoms with Crippen LogP contribution in [0.15, 0.2) is 78.0 Å². The largest absolute Gasteiger partial charge is 0.252 e. The zero-order valence-electron chi connectivity index (χ0n) is 11.9. The summed E-state index contributed by atoms with van der Waals surface area (Å²) in [5.41, 5.74) is 2.14. The SMILES string of the molecule is c1ccc(SCc2ccc3cc4ccccc4cc3n2)nc1. The Hall–Kier alpha value is -2.39. The third-order valence-electron chi connectivity index (χ3n) is 3.62. The molecular weight excluding hydrogens is 288 g/mol. The van der Waals surface area contributed by atoms with Crippen LogP contribution < -0.4 is 0 Å². The van der Waals surface area contributed by atoms with Crippen LogP contribution in [0.3, 0.4) is 0 Å². The van der Waals surface area contributed by atoms with Crippen molar-refractivity contribution in [1.29, 1.82) is 0 Å². The zero-order chi connectivity index (χ0) is 14.8. The number of pyridine rings is 2. The normalized spacial score (nSPS) is 11.1. The van der Waals surface area contributed by atoms with Crippen molar-refractivity contribution in [3.63, 3.8) is 0 Å². The van der Waals surface area contributed by atoms with Crippen molar-refractivity contribution in [3.05, 3.63) is 78.6 Å². The third-order valence-corrected chi connectivity index (χ3v) is 4.60. The average molecular weight is 302 g/mol. The number of aromatic nitrogens is 2. The fourth-order valence-electron chi connectivity index (χ4n) is 2.51. The van der Waals surface area contributed by atoms with Crippen LogP contribution in [0.2, 0.25) is 0 Å². The minimum absolute atomic E-state index is 0.833. The van der Waals surface area contributed by atoms with Gasteiger partial charge in [-0.15, -0.1) is 11.8 Å². The topological polar surface area (TPSA) is 25.8 Å². The van der Waals surface area contributed by atoms with Crippen LogP contribution >= 0.6 is 11.8 Å². The highest BCUT2D eigenvalue weighted by Gasteiger charge is 2.02. The van der Waals surface area contributed by atoms with Gasteiger partial charge < -0.3 is 0 Å². The van der Waals surface area contributed by atoms with Crippen LogP contribution in [0, 0.1) is 0 Å². The summed E-state index contributed by atoms with van der Waals surface area (Å²) in [5.74, 6) is 0.833. The maximum absolute atomic E-state index is 4.79. The number of hydrogen-bond donors (Lipinski definition) is 0. The van der Waals surface area contributed by atoms with E-state index in [-0.39, 0.29) is 0 Å². The molecule has 4 aromatic rings. The molecule has 4 rings (SSSR count). The van der Waals surface area contributed by atoms with Gasteiger partial charge >= 0.3 is 0 Å². The Kier molecular flexibility index (Phi) is 3.49. The fraction of sp³-hybridized carbons (Fsp3) is 0.0526. The van der Waals surface area contributed by atoms with Gasteiger partial charge in [-0.2, -0.15) is 0 Å². The highest BCUT2D eigenvalue weighted by Crippen LogP contribution is 2.24. The van der Waals surface area contributed by atoms with E-state index in [2.05, 4.69) is 53.5 Å². The van der Waals surface area contributed by atoms with Gasteiger partial charge in [0.15, 0.2) is 0 Å². The van der Waals surface area contributed by atoms with Gasteiger partial charge in [-0.3, -0.25) is 4.98 Å². The van der Waals surface area contributed by atoms with Gasteiger partial charge in [-0.05, 0) is 41.1 Å². The lowest BCUT2D eigenvalue weighted by Gasteiger charge is -2.05. The molecule has 2 aromatic carbocycles. The lowest BCUT2D eigenvalue weighted by molar-refractivity contribution is 1.12. The van der Waals surface area contributed by atoms with E-state index < -0.39 is 0 Å². The van der Waals surface area contributed by atoms with E-state index >= 15 is 0 Å². The lowest BCUT2D eigenvalue weighted by Crippen LogP contribution is -1.89. The average Bonchev–Trinajstić information content (AvgIpc) is 2.59. The molecule has 22 heavy (non-hydrogen) atoms. The summed E-state index contributed by atoms with van der Waals surface area (Å²) in [5, 5.41) is 4.71. The summed E-state index contributed by atoms with van der Waals surface area (Å²) in [6.07, 6.45) is 1.82. The first-order valence-corrected chi connectivity index (χ1v) is 8.19. The third kappa shape index (κ3) is 2.68. The van der Waals surface area contributed by atoms with Crippen LogP contribution in [0.4, 0.5) is 0 Å². The van der Waals surface area contributed by atoms with Crippen LogP contribution in [0.5, 0.6) is 0 Å². The summed E-state index contributed by atoms with van der Waals surface area (Å²) in [7, 11) is 0. The predicted octanol–water partition coefficient (Wildman–Crippen LogP) is 5.08. The second-order valence-electron chi connectivity index (χ2n) is 5.15. The Morgan fingerprint density at radius 3 is 2.41 bits per heavy atom. The first-order valence-electron chi connectivity index (χ1n) is 7.21. The lowest BCUT2D eigenvalue weighted by atomic mass is 10.1. The highest BCUT2D eigenvalue weighted by atomic mass is 32.2. The first-order chi connectivity index (χ1) is 10.9. The maximum atomic E-state index is 4.79. The Morgan fingerprint density at radius 2 is 1.59 bits per heavy atom. The molecule has 3 heteroatoms. The van der Waals surface area contributed by atoms with Gasteiger partial charge in [0, 0.05) is 17.3 Å². The second kappa shape index (κ2) is 5.78. The van der Waals surface area contributed by atoms with Crippen molar-refractivity contribution in [2.45, 2.75) is 10.8 Å². The number of nitrogens with zero attached hydrogens (tertiary/aromatic N) is 2. The van der Waals surface area contributed by atoms with Crippen molar-refractivity contribution in [3.8, 4) is 0 Å². The molecule has 0 unspecified atom stereocenters. The molecule has 2 aromatic heterocycles. The number of hydrogen-bond acceptors (Lipinski definition) is 3. The Balaban J connectivity index is 1.66. The smallest absolute Gasteiger partial charge is 0.0963 e. The van der Waals surface area contributed by atoms with E-state index in [0.29, 0.717) is 0 Å². The number of fused-ring (bicyclic) bond motifs is 2. The molecule has 0 saturated heterocycles. The summed E-state index contributed by atoms with van der Waals surface area (Å²) >= 11 is 1.71. The molecule has 2 heterocycles. The highest BCUT2D eigenvalue weighted by molar-refractivity contribution is 7.98. The first kappa shape index (κ1) is 13.3. The Morgan fingerprint density at radius 1 is 0.773 bits per heavy atom. The van der Waals surface area contributed by atoms with Crippen LogP contribution in [0.25, 0.3) is 21.7 Å². The number of rotatable bonds is 3. The standard InChI is InChI=1S/C19H14N2S/c1-2-6-15-12-18-16(11-14(15)5-1)8-9-17(21-18)13-22-19-7-3-4-10-20-19/h1-12H,13H2. The molecule has 0 N–H and O–H groups in total. The van der Waals surface area contributed by atoms with E-state index in [4.69, 9.17) is 4.98 Å². The predicted molar refractivity (Wildman–Crippen MR) is 93.0 cm³/mol. The molecule has 0 spiro atoms. The van der Waals surface area contributed by atoms with E-state index in [1.165, 1.54) is 16.2 Å². The molecule has 0 bridgehead atoms. The van der Waals surface area contributed by atoms with Gasteiger partial charge in [-0.25, -0.2) is 4.98 Å². The minimum Gasteiger partial charge on any atom is -0.252 e. The molecule has 2 nitrogen and oxygen atoms in total. The molecule has 0 aliphatic heterocycles. The molecule has 0 aliphatic carbocycles. The van der Waals surface area contributed by atoms with Gasteiger partial charge in [-0.1, -0.05) is 36.4 Å².